The summed E-state index contributed by atoms with van der Waals surface area (Å²) in [7, 11) is 3.06. The number of nitrogens with one attached hydrogen (secondary N) is 1. The highest BCUT2D eigenvalue weighted by atomic mass is 32.1. The highest BCUT2D eigenvalue weighted by molar-refractivity contribution is 7.20. The molecule has 1 amide bonds. The Balaban J connectivity index is 1.29. The molecule has 9 heteroatoms. The lowest BCUT2D eigenvalue weighted by Crippen LogP contribution is -2.52. The van der Waals surface area contributed by atoms with Gasteiger partial charge in [-0.15, -0.1) is 11.3 Å². The van der Waals surface area contributed by atoms with Gasteiger partial charge in [0.1, 0.15) is 4.83 Å². The lowest BCUT2D eigenvalue weighted by atomic mass is 10.1. The smallest absolute Gasteiger partial charge is 0.331 e. The fourth-order valence-corrected chi connectivity index (χ4v) is 5.51. The van der Waals surface area contributed by atoms with E-state index in [2.05, 4.69) is 53.2 Å². The Hall–Kier alpha value is -2.91. The summed E-state index contributed by atoms with van der Waals surface area (Å²) in [5.74, 6) is -0.205. The van der Waals surface area contributed by atoms with E-state index in [0.717, 1.165) is 37.2 Å². The third kappa shape index (κ3) is 4.74. The highest BCUT2D eigenvalue weighted by Crippen LogP contribution is 2.22. The monoisotopic (exact) mass is 469 g/mol. The molecule has 1 atom stereocenters. The summed E-state index contributed by atoms with van der Waals surface area (Å²) in [5.41, 5.74) is 1.80. The molecule has 0 radical (unpaired) electrons. The van der Waals surface area contributed by atoms with Gasteiger partial charge in [-0.05, 0) is 50.6 Å². The van der Waals surface area contributed by atoms with Crippen LogP contribution in [0.2, 0.25) is 0 Å². The van der Waals surface area contributed by atoms with Gasteiger partial charge in [-0.1, -0.05) is 12.1 Å². The fourth-order valence-electron chi connectivity index (χ4n) is 4.49. The third-order valence-electron chi connectivity index (χ3n) is 6.33. The van der Waals surface area contributed by atoms with E-state index in [9.17, 15) is 14.4 Å². The molecule has 1 aliphatic rings. The van der Waals surface area contributed by atoms with Gasteiger partial charge in [-0.25, -0.2) is 4.79 Å². The molecule has 0 bridgehead atoms. The summed E-state index contributed by atoms with van der Waals surface area (Å²) < 4.78 is 2.48. The number of fused-ring (bicyclic) bond motifs is 1. The van der Waals surface area contributed by atoms with Crippen LogP contribution in [0.5, 0.6) is 0 Å². The van der Waals surface area contributed by atoms with Crippen molar-refractivity contribution in [3.8, 4) is 0 Å². The van der Waals surface area contributed by atoms with Crippen molar-refractivity contribution in [1.29, 1.82) is 0 Å². The molecule has 8 nitrogen and oxygen atoms in total. The predicted molar refractivity (Wildman–Crippen MR) is 134 cm³/mol. The second-order valence-electron chi connectivity index (χ2n) is 8.83. The van der Waals surface area contributed by atoms with Gasteiger partial charge in [0.2, 0.25) is 0 Å². The van der Waals surface area contributed by atoms with Crippen molar-refractivity contribution in [3.05, 3.63) is 61.6 Å². The average Bonchev–Trinajstić information content (AvgIpc) is 3.25. The summed E-state index contributed by atoms with van der Waals surface area (Å²) in [4.78, 5) is 43.0. The Morgan fingerprint density at radius 2 is 1.94 bits per heavy atom. The topological polar surface area (TPSA) is 79.6 Å². The van der Waals surface area contributed by atoms with Crippen molar-refractivity contribution in [3.63, 3.8) is 0 Å². The standard InChI is InChI=1S/C24H31N5O3S/c1-16-7-5-8-18(13-16)29-12-11-28(15-17(29)2)10-6-9-25-21(30)20-14-19-22(31)26(3)24(32)27(4)23(19)33-20/h5,7-8,13-14,17H,6,9-12,15H2,1-4H3,(H,25,30). The van der Waals surface area contributed by atoms with E-state index in [1.807, 2.05) is 0 Å². The zero-order valence-corrected chi connectivity index (χ0v) is 20.4. The first-order valence-corrected chi connectivity index (χ1v) is 12.1. The van der Waals surface area contributed by atoms with Gasteiger partial charge in [-0.2, -0.15) is 0 Å². The Morgan fingerprint density at radius 1 is 1.15 bits per heavy atom. The minimum atomic E-state index is -0.391. The summed E-state index contributed by atoms with van der Waals surface area (Å²) >= 11 is 1.18. The molecule has 0 saturated carbocycles. The normalized spacial score (nSPS) is 17.0. The number of aromatic nitrogens is 2. The summed E-state index contributed by atoms with van der Waals surface area (Å²) in [6.45, 7) is 8.86. The van der Waals surface area contributed by atoms with E-state index < -0.39 is 5.69 Å². The van der Waals surface area contributed by atoms with E-state index in [4.69, 9.17) is 0 Å². The minimum absolute atomic E-state index is 0.205. The van der Waals surface area contributed by atoms with Crippen LogP contribution in [0.1, 0.15) is 28.6 Å². The number of anilines is 1. The molecule has 2 aromatic heterocycles. The zero-order chi connectivity index (χ0) is 23.7. The molecule has 4 rings (SSSR count). The first kappa shape index (κ1) is 23.3. The van der Waals surface area contributed by atoms with Gasteiger partial charge in [0.25, 0.3) is 11.5 Å². The van der Waals surface area contributed by atoms with Crippen LogP contribution in [0.4, 0.5) is 5.69 Å². The first-order valence-electron chi connectivity index (χ1n) is 11.3. The van der Waals surface area contributed by atoms with Crippen LogP contribution < -0.4 is 21.5 Å². The maximum Gasteiger partial charge on any atom is 0.331 e. The second-order valence-corrected chi connectivity index (χ2v) is 9.86. The molecular formula is C24H31N5O3S. The van der Waals surface area contributed by atoms with Crippen molar-refractivity contribution in [2.45, 2.75) is 26.3 Å². The zero-order valence-electron chi connectivity index (χ0n) is 19.6. The van der Waals surface area contributed by atoms with Crippen molar-refractivity contribution < 1.29 is 4.79 Å². The Morgan fingerprint density at radius 3 is 2.67 bits per heavy atom. The highest BCUT2D eigenvalue weighted by Gasteiger charge is 2.23. The van der Waals surface area contributed by atoms with Crippen molar-refractivity contribution in [2.75, 3.05) is 37.6 Å². The van der Waals surface area contributed by atoms with E-state index in [1.54, 1.807) is 13.1 Å². The van der Waals surface area contributed by atoms with Gasteiger partial charge in [0, 0.05) is 52.0 Å². The molecule has 3 aromatic rings. The van der Waals surface area contributed by atoms with Crippen LogP contribution in [-0.4, -0.2) is 58.7 Å². The van der Waals surface area contributed by atoms with Gasteiger partial charge in [-0.3, -0.25) is 23.6 Å². The van der Waals surface area contributed by atoms with E-state index >= 15 is 0 Å². The van der Waals surface area contributed by atoms with Crippen LogP contribution in [0.25, 0.3) is 10.2 Å². The largest absolute Gasteiger partial charge is 0.366 e. The fraction of sp³-hybridized carbons (Fsp3) is 0.458. The van der Waals surface area contributed by atoms with Crippen LogP contribution in [0.15, 0.2) is 39.9 Å². The summed E-state index contributed by atoms with van der Waals surface area (Å²) in [5, 5.41) is 3.36. The SMILES string of the molecule is Cc1cccc(N2CCN(CCCNC(=O)c3cc4c(=O)n(C)c(=O)n(C)c4s3)CC2C)c1. The molecule has 1 aromatic carbocycles. The molecule has 3 heterocycles. The summed E-state index contributed by atoms with van der Waals surface area (Å²) in [6.07, 6.45) is 0.855. The Bertz CT molecular complexity index is 1290. The average molecular weight is 470 g/mol. The van der Waals surface area contributed by atoms with Crippen LogP contribution in [-0.2, 0) is 14.1 Å². The number of thiophene rings is 1. The molecule has 1 saturated heterocycles. The molecule has 1 unspecified atom stereocenters. The molecule has 1 aliphatic heterocycles. The summed E-state index contributed by atoms with van der Waals surface area (Å²) in [6, 6.07) is 10.7. The number of benzene rings is 1. The number of hydrogen-bond donors (Lipinski definition) is 1. The predicted octanol–water partition coefficient (Wildman–Crippen LogP) is 1.94. The molecule has 33 heavy (non-hydrogen) atoms. The van der Waals surface area contributed by atoms with E-state index in [-0.39, 0.29) is 11.5 Å². The van der Waals surface area contributed by atoms with E-state index in [0.29, 0.717) is 27.7 Å². The van der Waals surface area contributed by atoms with Gasteiger partial charge < -0.3 is 10.2 Å². The third-order valence-corrected chi connectivity index (χ3v) is 7.54. The Labute approximate surface area is 197 Å². The van der Waals surface area contributed by atoms with Gasteiger partial charge in [0.05, 0.1) is 10.3 Å². The molecule has 176 valence electrons. The van der Waals surface area contributed by atoms with Gasteiger partial charge in [0.15, 0.2) is 0 Å². The van der Waals surface area contributed by atoms with Crippen molar-refractivity contribution >= 4 is 33.1 Å². The van der Waals surface area contributed by atoms with Crippen molar-refractivity contribution in [2.24, 2.45) is 14.1 Å². The van der Waals surface area contributed by atoms with E-state index in [1.165, 1.54) is 34.2 Å². The second kappa shape index (κ2) is 9.52. The molecule has 1 N–H and O–H groups in total. The van der Waals surface area contributed by atoms with Crippen LogP contribution >= 0.6 is 11.3 Å². The Kier molecular flexibility index (Phi) is 6.71. The number of aryl methyl sites for hydroxylation is 2. The first-order chi connectivity index (χ1) is 15.8. The van der Waals surface area contributed by atoms with Crippen LogP contribution in [0, 0.1) is 6.92 Å². The maximum atomic E-state index is 12.6. The number of amides is 1. The van der Waals surface area contributed by atoms with Crippen LogP contribution in [0.3, 0.4) is 0 Å². The number of rotatable bonds is 6. The molecule has 1 fully saturated rings. The number of nitrogens with zero attached hydrogens (tertiary/aromatic N) is 4. The number of carbonyl (C=O) groups is 1. The number of hydrogen-bond acceptors (Lipinski definition) is 6. The quantitative estimate of drug-likeness (QED) is 0.558. The minimum Gasteiger partial charge on any atom is -0.366 e. The van der Waals surface area contributed by atoms with Crippen molar-refractivity contribution in [1.82, 2.24) is 19.4 Å². The van der Waals surface area contributed by atoms with Gasteiger partial charge >= 0.3 is 5.69 Å². The lowest BCUT2D eigenvalue weighted by Gasteiger charge is -2.41. The maximum absolute atomic E-state index is 12.6. The molecular weight excluding hydrogens is 438 g/mol. The number of carbonyl (C=O) groups excluding carboxylic acids is 1. The molecule has 0 aliphatic carbocycles. The number of piperazine rings is 1. The molecule has 0 spiro atoms. The lowest BCUT2D eigenvalue weighted by molar-refractivity contribution is 0.0955.